The molecule has 0 fully saturated rings. The number of nitrogens with one attached hydrogen (secondary N) is 1. The van der Waals surface area contributed by atoms with Crippen molar-refractivity contribution < 1.29 is 14.3 Å². The normalized spacial score (nSPS) is 19.0. The van der Waals surface area contributed by atoms with Crippen molar-refractivity contribution >= 4 is 17.2 Å². The molecule has 2 N–H and O–H groups in total. The third-order valence-electron chi connectivity index (χ3n) is 3.97. The van der Waals surface area contributed by atoms with Crippen LogP contribution in [-0.4, -0.2) is 17.6 Å². The zero-order chi connectivity index (χ0) is 14.8. The van der Waals surface area contributed by atoms with Gasteiger partial charge in [-0.05, 0) is 42.9 Å². The molecule has 2 heterocycles. The second kappa shape index (κ2) is 6.03. The Kier molecular flexibility index (Phi) is 4.12. The number of thiophene rings is 1. The van der Waals surface area contributed by atoms with E-state index in [1.165, 1.54) is 16.7 Å². The lowest BCUT2D eigenvalue weighted by atomic mass is 9.88. The van der Waals surface area contributed by atoms with Crippen LogP contribution < -0.4 is 5.32 Å². The van der Waals surface area contributed by atoms with Gasteiger partial charge in [0.1, 0.15) is 11.9 Å². The summed E-state index contributed by atoms with van der Waals surface area (Å²) in [6.07, 6.45) is 3.89. The summed E-state index contributed by atoms with van der Waals surface area (Å²) in [5.74, 6) is 1.07. The van der Waals surface area contributed by atoms with Crippen LogP contribution in [0.3, 0.4) is 0 Å². The monoisotopic (exact) mass is 305 g/mol. The van der Waals surface area contributed by atoms with Gasteiger partial charge in [0.15, 0.2) is 0 Å². The maximum Gasteiger partial charge on any atom is 0.252 e. The zero-order valence-electron chi connectivity index (χ0n) is 12.0. The molecular weight excluding hydrogens is 286 g/mol. The molecule has 0 bridgehead atoms. The van der Waals surface area contributed by atoms with Gasteiger partial charge in [0, 0.05) is 10.3 Å². The summed E-state index contributed by atoms with van der Waals surface area (Å²) in [7, 11) is 0. The van der Waals surface area contributed by atoms with Crippen LogP contribution in [0.4, 0.5) is 0 Å². The third kappa shape index (κ3) is 3.04. The topological polar surface area (TPSA) is 62.5 Å². The van der Waals surface area contributed by atoms with Gasteiger partial charge < -0.3 is 14.8 Å². The molecule has 1 aliphatic carbocycles. The molecule has 0 spiro atoms. The fourth-order valence-corrected chi connectivity index (χ4v) is 3.98. The van der Waals surface area contributed by atoms with Crippen LogP contribution in [0.15, 0.2) is 28.2 Å². The van der Waals surface area contributed by atoms with Crippen LogP contribution in [0.5, 0.6) is 0 Å². The fourth-order valence-electron chi connectivity index (χ4n) is 2.73. The van der Waals surface area contributed by atoms with E-state index in [4.69, 9.17) is 4.42 Å². The van der Waals surface area contributed by atoms with E-state index in [0.717, 1.165) is 24.8 Å². The second-order valence-electron chi connectivity index (χ2n) is 5.64. The minimum absolute atomic E-state index is 0.104. The predicted octanol–water partition coefficient (Wildman–Crippen LogP) is 2.93. The third-order valence-corrected chi connectivity index (χ3v) is 5.03. The molecule has 3 rings (SSSR count). The maximum absolute atomic E-state index is 12.3. The largest absolute Gasteiger partial charge is 0.467 e. The molecule has 2 aromatic rings. The quantitative estimate of drug-likeness (QED) is 0.913. The molecule has 0 saturated carbocycles. The summed E-state index contributed by atoms with van der Waals surface area (Å²) in [6, 6.07) is 3.42. The average Bonchev–Trinajstić information content (AvgIpc) is 3.13. The Bertz CT molecular complexity index is 618. The van der Waals surface area contributed by atoms with Crippen molar-refractivity contribution in [1.82, 2.24) is 5.32 Å². The van der Waals surface area contributed by atoms with E-state index < -0.39 is 6.10 Å². The Morgan fingerprint density at radius 3 is 3.24 bits per heavy atom. The van der Waals surface area contributed by atoms with Crippen LogP contribution in [0.2, 0.25) is 0 Å². The number of aliphatic hydroxyl groups is 1. The molecular formula is C16H19NO3S. The van der Waals surface area contributed by atoms with Gasteiger partial charge in [0.2, 0.25) is 0 Å². The minimum Gasteiger partial charge on any atom is -0.467 e. The van der Waals surface area contributed by atoms with Crippen LogP contribution in [0, 0.1) is 5.92 Å². The molecule has 5 heteroatoms. The van der Waals surface area contributed by atoms with Gasteiger partial charge in [-0.1, -0.05) is 6.92 Å². The Morgan fingerprint density at radius 2 is 2.48 bits per heavy atom. The summed E-state index contributed by atoms with van der Waals surface area (Å²) in [4.78, 5) is 13.6. The lowest BCUT2D eigenvalue weighted by Crippen LogP contribution is -2.29. The molecule has 4 nitrogen and oxygen atoms in total. The van der Waals surface area contributed by atoms with E-state index in [1.807, 2.05) is 5.38 Å². The fraction of sp³-hybridized carbons (Fsp3) is 0.438. The number of amides is 1. The van der Waals surface area contributed by atoms with Crippen LogP contribution in [0.25, 0.3) is 0 Å². The van der Waals surface area contributed by atoms with Crippen LogP contribution in [-0.2, 0) is 12.8 Å². The highest BCUT2D eigenvalue weighted by Gasteiger charge is 2.23. The van der Waals surface area contributed by atoms with Gasteiger partial charge in [-0.2, -0.15) is 0 Å². The minimum atomic E-state index is -0.807. The lowest BCUT2D eigenvalue weighted by molar-refractivity contribution is 0.0900. The van der Waals surface area contributed by atoms with Crippen LogP contribution in [0.1, 0.15) is 46.0 Å². The van der Waals surface area contributed by atoms with E-state index in [9.17, 15) is 9.90 Å². The lowest BCUT2D eigenvalue weighted by Gasteiger charge is -2.19. The summed E-state index contributed by atoms with van der Waals surface area (Å²) >= 11 is 1.67. The molecule has 21 heavy (non-hydrogen) atoms. The molecule has 1 aliphatic rings. The number of carbonyl (C=O) groups excluding carboxylic acids is 1. The van der Waals surface area contributed by atoms with Gasteiger partial charge in [-0.15, -0.1) is 11.3 Å². The Labute approximate surface area is 127 Å². The number of furan rings is 1. The molecule has 2 atom stereocenters. The van der Waals surface area contributed by atoms with Gasteiger partial charge >= 0.3 is 0 Å². The van der Waals surface area contributed by atoms with Crippen molar-refractivity contribution in [3.05, 3.63) is 45.5 Å². The zero-order valence-corrected chi connectivity index (χ0v) is 12.8. The number of rotatable bonds is 4. The van der Waals surface area contributed by atoms with E-state index in [0.29, 0.717) is 11.7 Å². The average molecular weight is 305 g/mol. The Morgan fingerprint density at radius 1 is 1.62 bits per heavy atom. The molecule has 112 valence electrons. The molecule has 2 unspecified atom stereocenters. The highest BCUT2D eigenvalue weighted by Crippen LogP contribution is 2.32. The molecule has 0 aliphatic heterocycles. The van der Waals surface area contributed by atoms with Crippen LogP contribution >= 0.6 is 11.3 Å². The van der Waals surface area contributed by atoms with E-state index in [-0.39, 0.29) is 12.5 Å². The van der Waals surface area contributed by atoms with E-state index >= 15 is 0 Å². The summed E-state index contributed by atoms with van der Waals surface area (Å²) in [6.45, 7) is 2.41. The van der Waals surface area contributed by atoms with Gasteiger partial charge in [0.05, 0.1) is 18.4 Å². The van der Waals surface area contributed by atoms with E-state index in [2.05, 4.69) is 12.2 Å². The first-order chi connectivity index (χ1) is 10.1. The van der Waals surface area contributed by atoms with Crippen molar-refractivity contribution in [2.75, 3.05) is 6.54 Å². The highest BCUT2D eigenvalue weighted by atomic mass is 32.1. The van der Waals surface area contributed by atoms with E-state index in [1.54, 1.807) is 23.5 Å². The number of fused-ring (bicyclic) bond motifs is 1. The highest BCUT2D eigenvalue weighted by molar-refractivity contribution is 7.10. The Hall–Kier alpha value is -1.59. The molecule has 0 aromatic carbocycles. The SMILES string of the molecule is CC1CCc2c(C(=O)NCC(O)c3ccco3)csc2C1. The van der Waals surface area contributed by atoms with Crippen molar-refractivity contribution in [3.63, 3.8) is 0 Å². The first-order valence-electron chi connectivity index (χ1n) is 7.24. The van der Waals surface area contributed by atoms with Gasteiger partial charge in [-0.3, -0.25) is 4.79 Å². The Balaban J connectivity index is 1.64. The number of aliphatic hydroxyl groups excluding tert-OH is 1. The standard InChI is InChI=1S/C16H19NO3S/c1-10-4-5-11-12(9-21-15(11)7-10)16(19)17-8-13(18)14-3-2-6-20-14/h2-3,6,9-10,13,18H,4-5,7-8H2,1H3,(H,17,19). The second-order valence-corrected chi connectivity index (χ2v) is 6.60. The first-order valence-corrected chi connectivity index (χ1v) is 8.12. The predicted molar refractivity (Wildman–Crippen MR) is 81.5 cm³/mol. The van der Waals surface area contributed by atoms with Crippen molar-refractivity contribution in [2.45, 2.75) is 32.3 Å². The first kappa shape index (κ1) is 14.4. The smallest absolute Gasteiger partial charge is 0.252 e. The van der Waals surface area contributed by atoms with Gasteiger partial charge in [0.25, 0.3) is 5.91 Å². The van der Waals surface area contributed by atoms with Crippen molar-refractivity contribution in [3.8, 4) is 0 Å². The maximum atomic E-state index is 12.3. The van der Waals surface area contributed by atoms with Crippen molar-refractivity contribution in [1.29, 1.82) is 0 Å². The molecule has 1 amide bonds. The molecule has 0 radical (unpaired) electrons. The molecule has 2 aromatic heterocycles. The number of hydrogen-bond acceptors (Lipinski definition) is 4. The van der Waals surface area contributed by atoms with Gasteiger partial charge in [-0.25, -0.2) is 0 Å². The number of hydrogen-bond donors (Lipinski definition) is 2. The summed E-state index contributed by atoms with van der Waals surface area (Å²) in [5, 5.41) is 14.7. The van der Waals surface area contributed by atoms with Crippen molar-refractivity contribution in [2.24, 2.45) is 5.92 Å². The summed E-state index contributed by atoms with van der Waals surface area (Å²) in [5.41, 5.74) is 1.97. The summed E-state index contributed by atoms with van der Waals surface area (Å²) < 4.78 is 5.12. The number of carbonyl (C=O) groups is 1. The molecule has 0 saturated heterocycles.